The Morgan fingerprint density at radius 2 is 2.25 bits per heavy atom. The Bertz CT molecular complexity index is 439. The number of hydrogen-bond acceptors (Lipinski definition) is 4. The van der Waals surface area contributed by atoms with E-state index in [1.807, 2.05) is 6.92 Å². The lowest BCUT2D eigenvalue weighted by Gasteiger charge is -2.42. The number of hydrogen-bond donors (Lipinski definition) is 3. The van der Waals surface area contributed by atoms with E-state index in [4.69, 9.17) is 10.8 Å². The van der Waals surface area contributed by atoms with Crippen molar-refractivity contribution in [1.82, 2.24) is 4.98 Å². The summed E-state index contributed by atoms with van der Waals surface area (Å²) in [5.74, 6) is -1.08. The second-order valence-electron chi connectivity index (χ2n) is 4.42. The van der Waals surface area contributed by atoms with Gasteiger partial charge in [0, 0.05) is 11.8 Å². The maximum Gasteiger partial charge on any atom is 0.306 e. The molecule has 4 N–H and O–H groups in total. The zero-order valence-electron chi connectivity index (χ0n) is 8.97. The van der Waals surface area contributed by atoms with Crippen LogP contribution >= 0.6 is 0 Å². The predicted molar refractivity (Wildman–Crippen MR) is 57.6 cm³/mol. The molecule has 1 aliphatic carbocycles. The van der Waals surface area contributed by atoms with Gasteiger partial charge in [0.05, 0.1) is 11.5 Å². The van der Waals surface area contributed by atoms with Gasteiger partial charge in [-0.05, 0) is 31.4 Å². The van der Waals surface area contributed by atoms with E-state index in [1.165, 1.54) is 0 Å². The molecule has 0 spiro atoms. The number of carboxylic acids is 1. The van der Waals surface area contributed by atoms with E-state index >= 15 is 0 Å². The smallest absolute Gasteiger partial charge is 0.306 e. The highest BCUT2D eigenvalue weighted by molar-refractivity contribution is 5.72. The van der Waals surface area contributed by atoms with Crippen molar-refractivity contribution in [2.24, 2.45) is 5.92 Å². The number of carboxylic acid groups (broad SMARTS) is 1. The molecule has 0 aliphatic heterocycles. The number of nitrogens with zero attached hydrogens (tertiary/aromatic N) is 1. The predicted octanol–water partition coefficient (Wildman–Crippen LogP) is 0.654. The fourth-order valence-electron chi connectivity index (χ4n) is 2.10. The summed E-state index contributed by atoms with van der Waals surface area (Å²) in [5.41, 5.74) is 6.01. The molecule has 1 saturated carbocycles. The highest BCUT2D eigenvalue weighted by Gasteiger charge is 2.48. The normalized spacial score (nSPS) is 28.5. The maximum absolute atomic E-state index is 10.7. The molecule has 86 valence electrons. The van der Waals surface area contributed by atoms with Crippen LogP contribution in [0.4, 0.5) is 5.82 Å². The van der Waals surface area contributed by atoms with Gasteiger partial charge in [-0.15, -0.1) is 0 Å². The molecule has 5 heteroatoms. The van der Waals surface area contributed by atoms with Crippen molar-refractivity contribution in [3.63, 3.8) is 0 Å². The minimum atomic E-state index is -1.12. The molecule has 0 bridgehead atoms. The molecular formula is C11H14N2O3. The zero-order chi connectivity index (χ0) is 11.9. The number of aryl methyl sites for hydroxylation is 1. The number of aliphatic hydroxyl groups is 1. The van der Waals surface area contributed by atoms with Crippen LogP contribution in [-0.2, 0) is 10.4 Å². The Hall–Kier alpha value is -1.62. The van der Waals surface area contributed by atoms with Crippen molar-refractivity contribution in [2.45, 2.75) is 25.4 Å². The Morgan fingerprint density at radius 1 is 1.62 bits per heavy atom. The summed E-state index contributed by atoms with van der Waals surface area (Å²) in [5, 5.41) is 19.0. The first kappa shape index (κ1) is 10.9. The second kappa shape index (κ2) is 3.45. The van der Waals surface area contributed by atoms with Crippen molar-refractivity contribution in [3.05, 3.63) is 23.4 Å². The minimum absolute atomic E-state index is 0.206. The lowest BCUT2D eigenvalue weighted by molar-refractivity contribution is -0.159. The number of anilines is 1. The van der Waals surface area contributed by atoms with Gasteiger partial charge in [-0.1, -0.05) is 0 Å². The van der Waals surface area contributed by atoms with E-state index in [0.717, 1.165) is 5.56 Å². The summed E-state index contributed by atoms with van der Waals surface area (Å²) in [6, 6.07) is 1.76. The topological polar surface area (TPSA) is 96.4 Å². The molecule has 1 heterocycles. The van der Waals surface area contributed by atoms with Gasteiger partial charge in [0.25, 0.3) is 0 Å². The Labute approximate surface area is 92.9 Å². The number of aliphatic carboxylic acids is 1. The Balaban J connectivity index is 2.26. The third kappa shape index (κ3) is 1.63. The molecule has 0 amide bonds. The van der Waals surface area contributed by atoms with Crippen LogP contribution in [0.5, 0.6) is 0 Å². The van der Waals surface area contributed by atoms with E-state index in [0.29, 0.717) is 5.56 Å². The SMILES string of the molecule is Cc1cnc(N)c(C2(O)CC(C(=O)O)C2)c1. The van der Waals surface area contributed by atoms with Gasteiger partial charge in [0.2, 0.25) is 0 Å². The molecule has 16 heavy (non-hydrogen) atoms. The van der Waals surface area contributed by atoms with Crippen LogP contribution in [-0.4, -0.2) is 21.2 Å². The second-order valence-corrected chi connectivity index (χ2v) is 4.42. The molecule has 0 atom stereocenters. The van der Waals surface area contributed by atoms with Crippen molar-refractivity contribution < 1.29 is 15.0 Å². The summed E-state index contributed by atoms with van der Waals surface area (Å²) in [7, 11) is 0. The summed E-state index contributed by atoms with van der Waals surface area (Å²) in [4.78, 5) is 14.7. The van der Waals surface area contributed by atoms with E-state index in [-0.39, 0.29) is 18.7 Å². The highest BCUT2D eigenvalue weighted by Crippen LogP contribution is 2.47. The van der Waals surface area contributed by atoms with Gasteiger partial charge < -0.3 is 15.9 Å². The van der Waals surface area contributed by atoms with Crippen LogP contribution in [0.25, 0.3) is 0 Å². The lowest BCUT2D eigenvalue weighted by Crippen LogP contribution is -2.45. The average molecular weight is 222 g/mol. The average Bonchev–Trinajstić information content (AvgIpc) is 2.16. The van der Waals surface area contributed by atoms with Crippen LogP contribution in [0.3, 0.4) is 0 Å². The molecule has 0 radical (unpaired) electrons. The van der Waals surface area contributed by atoms with Gasteiger partial charge in [-0.3, -0.25) is 4.79 Å². The van der Waals surface area contributed by atoms with E-state index in [1.54, 1.807) is 12.3 Å². The van der Waals surface area contributed by atoms with Crippen LogP contribution in [0.1, 0.15) is 24.0 Å². The van der Waals surface area contributed by atoms with Crippen molar-refractivity contribution in [2.75, 3.05) is 5.73 Å². The molecule has 2 rings (SSSR count). The molecule has 1 aromatic heterocycles. The number of rotatable bonds is 2. The fourth-order valence-corrected chi connectivity index (χ4v) is 2.10. The molecule has 1 aromatic rings. The maximum atomic E-state index is 10.7. The number of nitrogen functional groups attached to an aromatic ring is 1. The van der Waals surface area contributed by atoms with E-state index in [9.17, 15) is 9.90 Å². The van der Waals surface area contributed by atoms with Gasteiger partial charge in [-0.25, -0.2) is 4.98 Å². The van der Waals surface area contributed by atoms with Crippen LogP contribution < -0.4 is 5.73 Å². The Kier molecular flexibility index (Phi) is 2.35. The molecule has 0 saturated heterocycles. The van der Waals surface area contributed by atoms with Crippen molar-refractivity contribution >= 4 is 11.8 Å². The van der Waals surface area contributed by atoms with Crippen LogP contribution in [0, 0.1) is 12.8 Å². The fraction of sp³-hybridized carbons (Fsp3) is 0.455. The quantitative estimate of drug-likeness (QED) is 0.682. The summed E-state index contributed by atoms with van der Waals surface area (Å²) in [6.07, 6.45) is 2.03. The van der Waals surface area contributed by atoms with Gasteiger partial charge in [0.15, 0.2) is 0 Å². The number of pyridine rings is 1. The molecule has 1 fully saturated rings. The number of nitrogens with two attached hydrogens (primary N) is 1. The standard InChI is InChI=1S/C11H14N2O3/c1-6-2-8(9(12)13-5-6)11(16)3-7(4-11)10(14)15/h2,5,7,16H,3-4H2,1H3,(H2,12,13)(H,14,15). The minimum Gasteiger partial charge on any atom is -0.481 e. The van der Waals surface area contributed by atoms with Crippen molar-refractivity contribution in [3.8, 4) is 0 Å². The largest absolute Gasteiger partial charge is 0.481 e. The first-order valence-corrected chi connectivity index (χ1v) is 5.10. The zero-order valence-corrected chi connectivity index (χ0v) is 8.97. The van der Waals surface area contributed by atoms with Gasteiger partial charge >= 0.3 is 5.97 Å². The number of aromatic nitrogens is 1. The summed E-state index contributed by atoms with van der Waals surface area (Å²) in [6.45, 7) is 1.85. The molecule has 0 unspecified atom stereocenters. The molecule has 0 aromatic carbocycles. The van der Waals surface area contributed by atoms with Crippen LogP contribution in [0.2, 0.25) is 0 Å². The molecule has 5 nitrogen and oxygen atoms in total. The third-order valence-electron chi connectivity index (χ3n) is 3.07. The molecule has 1 aliphatic rings. The van der Waals surface area contributed by atoms with E-state index < -0.39 is 17.5 Å². The van der Waals surface area contributed by atoms with Crippen molar-refractivity contribution in [1.29, 1.82) is 0 Å². The lowest BCUT2D eigenvalue weighted by atomic mass is 9.67. The first-order valence-electron chi connectivity index (χ1n) is 5.10. The van der Waals surface area contributed by atoms with Gasteiger partial charge in [0.1, 0.15) is 5.82 Å². The summed E-state index contributed by atoms with van der Waals surface area (Å²) >= 11 is 0. The Morgan fingerprint density at radius 3 is 2.81 bits per heavy atom. The molecular weight excluding hydrogens is 208 g/mol. The van der Waals surface area contributed by atoms with Gasteiger partial charge in [-0.2, -0.15) is 0 Å². The first-order chi connectivity index (χ1) is 7.42. The third-order valence-corrected chi connectivity index (χ3v) is 3.07. The highest BCUT2D eigenvalue weighted by atomic mass is 16.4. The van der Waals surface area contributed by atoms with Crippen LogP contribution in [0.15, 0.2) is 12.3 Å². The van der Waals surface area contributed by atoms with E-state index in [2.05, 4.69) is 4.98 Å². The monoisotopic (exact) mass is 222 g/mol. The number of carbonyl (C=O) groups is 1. The summed E-state index contributed by atoms with van der Waals surface area (Å²) < 4.78 is 0.